The third-order valence-electron chi connectivity index (χ3n) is 7.78. The van der Waals surface area contributed by atoms with Crippen LogP contribution in [0.15, 0.2) is 33.6 Å². The third kappa shape index (κ3) is 8.11. The van der Waals surface area contributed by atoms with Crippen molar-refractivity contribution in [1.82, 2.24) is 14.0 Å². The Morgan fingerprint density at radius 3 is 2.04 bits per heavy atom. The molecule has 0 saturated carbocycles. The lowest BCUT2D eigenvalue weighted by Gasteiger charge is -2.24. The number of carboxylic acid groups (broad SMARTS) is 3. The number of thiazole rings is 2. The average Bonchev–Trinajstić information content (AvgIpc) is 3.71. The smallest absolute Gasteiger partial charge is 0.323 e. The molecule has 282 valence electrons. The molecular weight excluding hydrogens is 802 g/mol. The number of anilines is 2. The second-order valence-corrected chi connectivity index (χ2v) is 16.3. The summed E-state index contributed by atoms with van der Waals surface area (Å²) in [5, 5.41) is 27.9. The first-order chi connectivity index (χ1) is 24.8. The van der Waals surface area contributed by atoms with Gasteiger partial charge in [0.1, 0.15) is 44.2 Å². The number of rotatable bonds is 12. The molecule has 5 rings (SSSR count). The van der Waals surface area contributed by atoms with Crippen LogP contribution in [0.1, 0.15) is 18.9 Å². The van der Waals surface area contributed by atoms with E-state index in [9.17, 15) is 56.7 Å². The second kappa shape index (κ2) is 15.3. The summed E-state index contributed by atoms with van der Waals surface area (Å²) in [5.74, 6) is -5.74. The molecular formula is C30H27ClN5O13S4-. The van der Waals surface area contributed by atoms with Gasteiger partial charge in [0.25, 0.3) is 22.3 Å². The van der Waals surface area contributed by atoms with Crippen LogP contribution >= 0.6 is 46.0 Å². The Labute approximate surface area is 314 Å². The fourth-order valence-corrected chi connectivity index (χ4v) is 9.52. The van der Waals surface area contributed by atoms with Crippen molar-refractivity contribution in [3.63, 3.8) is 0 Å². The Morgan fingerprint density at radius 2 is 1.45 bits per heavy atom. The molecule has 4 heterocycles. The van der Waals surface area contributed by atoms with Gasteiger partial charge in [-0.25, -0.2) is 8.42 Å². The second-order valence-electron chi connectivity index (χ2n) is 11.4. The molecule has 3 N–H and O–H groups in total. The lowest BCUT2D eigenvalue weighted by atomic mass is 10.2. The lowest BCUT2D eigenvalue weighted by molar-refractivity contribution is -0.140. The molecule has 2 aliphatic rings. The van der Waals surface area contributed by atoms with E-state index < -0.39 is 80.6 Å². The van der Waals surface area contributed by atoms with Crippen molar-refractivity contribution in [1.29, 1.82) is 0 Å². The standard InChI is InChI=1S/C30H28ClN5O13S4/c1-3-32-17-10-15(31)14(2)9-16(17)33(7-4-8-53(47,48)49)19(32)6-5-18-25(43)34(11-20(37)38)28(50-18)23-26(44)35(12-21(39)40)29(51-23)24-27(45)36(13-22(41)42)30(46)52-24/h5-6,9-10H,3-4,7-8,11-13H2,1-2H3,(H,37,38)(H,39,40)(H,41,42)(H,47,48,49)/p-1/b18-5?,19-6?,28-23+,29-24+. The van der Waals surface area contributed by atoms with Crippen molar-refractivity contribution in [2.75, 3.05) is 35.2 Å². The van der Waals surface area contributed by atoms with Crippen molar-refractivity contribution in [3.8, 4) is 0 Å². The molecule has 0 unspecified atom stereocenters. The van der Waals surface area contributed by atoms with Crippen molar-refractivity contribution >= 4 is 108 Å². The Kier molecular flexibility index (Phi) is 11.4. The Balaban J connectivity index is 1.78. The lowest BCUT2D eigenvalue weighted by Crippen LogP contribution is -2.35. The number of benzene rings is 1. The maximum Gasteiger partial charge on any atom is 0.323 e. The van der Waals surface area contributed by atoms with Crippen molar-refractivity contribution in [2.24, 2.45) is 0 Å². The molecule has 1 aromatic carbocycles. The zero-order valence-electron chi connectivity index (χ0n) is 27.4. The van der Waals surface area contributed by atoms with Crippen LogP contribution in [0.4, 0.5) is 16.2 Å². The Bertz CT molecular complexity index is 2590. The number of allylic oxidation sites excluding steroid dienone is 1. The van der Waals surface area contributed by atoms with Crippen molar-refractivity contribution < 1.29 is 52.3 Å². The highest BCUT2D eigenvalue weighted by Gasteiger charge is 2.38. The predicted molar refractivity (Wildman–Crippen MR) is 193 cm³/mol. The third-order valence-corrected chi connectivity index (χ3v) is 12.5. The molecule has 0 atom stereocenters. The summed E-state index contributed by atoms with van der Waals surface area (Å²) >= 11 is 7.94. The zero-order valence-corrected chi connectivity index (χ0v) is 31.5. The molecule has 0 radical (unpaired) electrons. The molecule has 1 saturated heterocycles. The van der Waals surface area contributed by atoms with Gasteiger partial charge >= 0.3 is 17.9 Å². The van der Waals surface area contributed by atoms with Crippen LogP contribution in [0.2, 0.25) is 5.02 Å². The number of aromatic nitrogens is 2. The van der Waals surface area contributed by atoms with Crippen LogP contribution in [-0.2, 0) is 42.4 Å². The van der Waals surface area contributed by atoms with Gasteiger partial charge in [0, 0.05) is 23.9 Å². The van der Waals surface area contributed by atoms with Crippen LogP contribution in [0.5, 0.6) is 0 Å². The minimum Gasteiger partial charge on any atom is -0.748 e. The topological polar surface area (TPSA) is 257 Å². The van der Waals surface area contributed by atoms with Gasteiger partial charge in [0.2, 0.25) is 0 Å². The summed E-state index contributed by atoms with van der Waals surface area (Å²) in [7, 11) is -4.53. The summed E-state index contributed by atoms with van der Waals surface area (Å²) in [5.41, 5.74) is 0.162. The van der Waals surface area contributed by atoms with Crippen molar-refractivity contribution in [2.45, 2.75) is 33.4 Å². The van der Waals surface area contributed by atoms with Gasteiger partial charge in [0.15, 0.2) is 0 Å². The van der Waals surface area contributed by atoms with Gasteiger partial charge in [0.05, 0.1) is 26.0 Å². The van der Waals surface area contributed by atoms with Crippen molar-refractivity contribution in [3.05, 3.63) is 73.7 Å². The van der Waals surface area contributed by atoms with Gasteiger partial charge in [-0.15, -0.1) is 22.7 Å². The number of thioether (sulfide) groups is 1. The van der Waals surface area contributed by atoms with Gasteiger partial charge in [-0.1, -0.05) is 11.6 Å². The maximum absolute atomic E-state index is 13.7. The van der Waals surface area contributed by atoms with Gasteiger partial charge in [-0.05, 0) is 61.9 Å². The number of hydrogen-bond acceptors (Lipinski definition) is 15. The molecule has 2 aliphatic heterocycles. The highest BCUT2D eigenvalue weighted by molar-refractivity contribution is 8.23. The minimum atomic E-state index is -4.53. The molecule has 0 spiro atoms. The molecule has 23 heteroatoms. The Morgan fingerprint density at radius 1 is 0.849 bits per heavy atom. The maximum atomic E-state index is 13.7. The van der Waals surface area contributed by atoms with E-state index in [2.05, 4.69) is 0 Å². The highest BCUT2D eigenvalue weighted by Crippen LogP contribution is 2.44. The molecule has 53 heavy (non-hydrogen) atoms. The molecule has 0 bridgehead atoms. The number of nitrogens with zero attached hydrogens (tertiary/aromatic N) is 5. The van der Waals surface area contributed by atoms with E-state index in [0.29, 0.717) is 78.2 Å². The number of hydrogen-bond donors (Lipinski definition) is 3. The Hall–Kier alpha value is -4.74. The van der Waals surface area contributed by atoms with Crippen LogP contribution in [0, 0.1) is 16.1 Å². The number of carboxylic acids is 3. The minimum absolute atomic E-state index is 0.0425. The average molecular weight is 829 g/mol. The largest absolute Gasteiger partial charge is 0.748 e. The summed E-state index contributed by atoms with van der Waals surface area (Å²) in [4.78, 5) is 91.5. The van der Waals surface area contributed by atoms with Gasteiger partial charge in [-0.2, -0.15) is 0 Å². The molecule has 2 amide bonds. The zero-order chi connectivity index (χ0) is 39.1. The predicted octanol–water partition coefficient (Wildman–Crippen LogP) is 0.343. The normalized spacial score (nSPS) is 17.4. The number of aryl methyl sites for hydroxylation is 1. The number of fused-ring (bicyclic) bond motifs is 1. The summed E-state index contributed by atoms with van der Waals surface area (Å²) in [6.45, 7) is 1.16. The van der Waals surface area contributed by atoms with E-state index >= 15 is 0 Å². The molecule has 3 aromatic rings. The number of aliphatic carboxylic acids is 3. The van der Waals surface area contributed by atoms with Crippen LogP contribution in [0.25, 0.3) is 11.0 Å². The number of amides is 2. The van der Waals surface area contributed by atoms with Gasteiger partial charge in [-0.3, -0.25) is 47.6 Å². The number of halogens is 1. The first-order valence-corrected chi connectivity index (χ1v) is 19.6. The fraction of sp³-hybridized carbons (Fsp3) is 0.300. The SMILES string of the molecule is CCN1C(=CC=c2s/c(=c3/s/c(=C4/SC(=O)N(CC(=O)O)C4=O)n(CC(=O)O)c3=O)n(CC(=O)O)c2=O)N(CCCS(=O)(=O)[O-])c2cc(C)c(Cl)cc21. The fourth-order valence-electron chi connectivity index (χ4n) is 5.55. The highest BCUT2D eigenvalue weighted by atomic mass is 35.5. The van der Waals surface area contributed by atoms with Crippen LogP contribution in [0.3, 0.4) is 0 Å². The number of carbonyl (C=O) groups excluding carboxylic acids is 2. The first-order valence-electron chi connectivity index (χ1n) is 15.2. The number of carbonyl (C=O) groups is 5. The van der Waals surface area contributed by atoms with E-state index in [0.717, 1.165) is 4.57 Å². The molecule has 18 nitrogen and oxygen atoms in total. The van der Waals surface area contributed by atoms with E-state index in [1.807, 2.05) is 11.8 Å². The van der Waals surface area contributed by atoms with E-state index in [1.54, 1.807) is 24.0 Å². The van der Waals surface area contributed by atoms with Gasteiger partial charge < -0.3 is 29.7 Å². The number of imide groups is 1. The molecule has 0 aliphatic carbocycles. The molecule has 2 aromatic heterocycles. The van der Waals surface area contributed by atoms with E-state index in [4.69, 9.17) is 16.7 Å². The van der Waals surface area contributed by atoms with E-state index in [1.165, 1.54) is 12.2 Å². The summed E-state index contributed by atoms with van der Waals surface area (Å²) < 4.78 is 34.7. The summed E-state index contributed by atoms with van der Waals surface area (Å²) in [6, 6.07) is 3.50. The van der Waals surface area contributed by atoms with Crippen LogP contribution in [-0.4, -0.2) is 96.8 Å². The van der Waals surface area contributed by atoms with Crippen LogP contribution < -0.4 is 30.1 Å². The van der Waals surface area contributed by atoms with E-state index in [-0.39, 0.29) is 31.4 Å². The quantitative estimate of drug-likeness (QED) is 0.208. The first kappa shape index (κ1) is 39.5. The monoisotopic (exact) mass is 828 g/mol. The summed E-state index contributed by atoms with van der Waals surface area (Å²) in [6.07, 6.45) is 2.84. The molecule has 1 fully saturated rings.